The molecule has 2 unspecified atom stereocenters. The predicted octanol–water partition coefficient (Wildman–Crippen LogP) is 1.97. The van der Waals surface area contributed by atoms with Crippen LogP contribution < -0.4 is 5.73 Å². The maximum Gasteiger partial charge on any atom is 0.254 e. The zero-order valence-corrected chi connectivity index (χ0v) is 13.1. The molecule has 7 heteroatoms. The summed E-state index contributed by atoms with van der Waals surface area (Å²) in [5, 5.41) is 3.78. The fraction of sp³-hybridized carbons (Fsp3) is 0.400. The van der Waals surface area contributed by atoms with Crippen LogP contribution in [0.1, 0.15) is 23.7 Å². The molecule has 0 spiro atoms. The zero-order valence-electron chi connectivity index (χ0n) is 12.3. The van der Waals surface area contributed by atoms with E-state index in [1.807, 2.05) is 17.0 Å². The summed E-state index contributed by atoms with van der Waals surface area (Å²) in [5.41, 5.74) is 7.21. The minimum absolute atomic E-state index is 0. The third-order valence-electron chi connectivity index (χ3n) is 4.01. The van der Waals surface area contributed by atoms with Crippen molar-refractivity contribution < 1.29 is 9.32 Å². The molecule has 0 saturated carbocycles. The van der Waals surface area contributed by atoms with Crippen molar-refractivity contribution in [1.29, 1.82) is 0 Å². The van der Waals surface area contributed by atoms with Gasteiger partial charge in [0.15, 0.2) is 0 Å². The lowest BCUT2D eigenvalue weighted by atomic mass is 10.1. The van der Waals surface area contributed by atoms with Gasteiger partial charge in [-0.15, -0.1) is 12.4 Å². The summed E-state index contributed by atoms with van der Waals surface area (Å²) in [6.45, 7) is 3.44. The van der Waals surface area contributed by atoms with E-state index in [0.29, 0.717) is 23.9 Å². The highest BCUT2D eigenvalue weighted by Crippen LogP contribution is 2.24. The van der Waals surface area contributed by atoms with Crippen molar-refractivity contribution in [3.05, 3.63) is 36.2 Å². The quantitative estimate of drug-likeness (QED) is 0.933. The zero-order chi connectivity index (χ0) is 14.8. The van der Waals surface area contributed by atoms with Crippen molar-refractivity contribution in [2.45, 2.75) is 19.4 Å². The fourth-order valence-corrected chi connectivity index (χ4v) is 2.82. The van der Waals surface area contributed by atoms with E-state index in [9.17, 15) is 4.79 Å². The van der Waals surface area contributed by atoms with E-state index < -0.39 is 0 Å². The molecule has 1 aliphatic heterocycles. The summed E-state index contributed by atoms with van der Waals surface area (Å²) in [6, 6.07) is 7.51. The Bertz CT molecular complexity index is 615. The normalized spacial score (nSPS) is 20.7. The van der Waals surface area contributed by atoms with E-state index in [-0.39, 0.29) is 24.4 Å². The van der Waals surface area contributed by atoms with Crippen LogP contribution in [-0.4, -0.2) is 40.1 Å². The van der Waals surface area contributed by atoms with Crippen molar-refractivity contribution in [2.75, 3.05) is 13.1 Å². The maximum absolute atomic E-state index is 12.6. The molecule has 0 aliphatic carbocycles. The van der Waals surface area contributed by atoms with Gasteiger partial charge >= 0.3 is 0 Å². The van der Waals surface area contributed by atoms with Crippen molar-refractivity contribution in [3.63, 3.8) is 0 Å². The maximum atomic E-state index is 12.6. The molecule has 22 heavy (non-hydrogen) atoms. The van der Waals surface area contributed by atoms with Crippen LogP contribution in [0, 0.1) is 5.92 Å². The van der Waals surface area contributed by atoms with Crippen LogP contribution in [0.2, 0.25) is 0 Å². The monoisotopic (exact) mass is 322 g/mol. The molecular formula is C15H19ClN4O2. The second-order valence-electron chi connectivity index (χ2n) is 5.48. The number of amides is 1. The van der Waals surface area contributed by atoms with Gasteiger partial charge in [0.05, 0.1) is 0 Å². The molecule has 3 rings (SSSR count). The standard InChI is InChI=1S/C15H18N4O2.ClH/c1-10-6-11(7-16)8-19(10)15(20)13-4-2-12(3-5-13)14-17-9-21-18-14;/h2-5,9-11H,6-8,16H2,1H3;1H. The molecule has 1 aromatic heterocycles. The minimum Gasteiger partial charge on any atom is -0.342 e. The van der Waals surface area contributed by atoms with Gasteiger partial charge in [0.25, 0.3) is 5.91 Å². The number of hydrogen-bond donors (Lipinski definition) is 1. The number of benzene rings is 1. The van der Waals surface area contributed by atoms with Gasteiger partial charge in [-0.3, -0.25) is 4.79 Å². The van der Waals surface area contributed by atoms with Crippen molar-refractivity contribution >= 4 is 18.3 Å². The predicted molar refractivity (Wildman–Crippen MR) is 84.6 cm³/mol. The van der Waals surface area contributed by atoms with Crippen LogP contribution in [0.4, 0.5) is 0 Å². The van der Waals surface area contributed by atoms with E-state index in [0.717, 1.165) is 18.5 Å². The van der Waals surface area contributed by atoms with Gasteiger partial charge < -0.3 is 15.2 Å². The van der Waals surface area contributed by atoms with E-state index in [1.54, 1.807) is 12.1 Å². The summed E-state index contributed by atoms with van der Waals surface area (Å²) in [7, 11) is 0. The van der Waals surface area contributed by atoms with Crippen molar-refractivity contribution in [3.8, 4) is 11.4 Å². The van der Waals surface area contributed by atoms with Crippen LogP contribution in [0.3, 0.4) is 0 Å². The fourth-order valence-electron chi connectivity index (χ4n) is 2.82. The average Bonchev–Trinajstić information content (AvgIpc) is 3.16. The number of halogens is 1. The second kappa shape index (κ2) is 6.89. The molecule has 118 valence electrons. The Morgan fingerprint density at radius 1 is 1.41 bits per heavy atom. The van der Waals surface area contributed by atoms with Crippen LogP contribution >= 0.6 is 12.4 Å². The van der Waals surface area contributed by atoms with Gasteiger partial charge in [-0.25, -0.2) is 0 Å². The number of carbonyl (C=O) groups excluding carboxylic acids is 1. The molecule has 0 radical (unpaired) electrons. The Morgan fingerprint density at radius 3 is 2.68 bits per heavy atom. The molecule has 1 saturated heterocycles. The summed E-state index contributed by atoms with van der Waals surface area (Å²) in [4.78, 5) is 18.4. The third kappa shape index (κ3) is 3.13. The van der Waals surface area contributed by atoms with Crippen LogP contribution in [-0.2, 0) is 0 Å². The van der Waals surface area contributed by atoms with Gasteiger partial charge in [0.2, 0.25) is 12.2 Å². The third-order valence-corrected chi connectivity index (χ3v) is 4.01. The second-order valence-corrected chi connectivity index (χ2v) is 5.48. The molecule has 1 fully saturated rings. The molecule has 2 heterocycles. The molecular weight excluding hydrogens is 304 g/mol. The average molecular weight is 323 g/mol. The first-order valence-corrected chi connectivity index (χ1v) is 7.07. The van der Waals surface area contributed by atoms with Gasteiger partial charge in [-0.05, 0) is 37.9 Å². The van der Waals surface area contributed by atoms with E-state index >= 15 is 0 Å². The number of likely N-dealkylation sites (tertiary alicyclic amines) is 1. The Balaban J connectivity index is 0.00000176. The van der Waals surface area contributed by atoms with Crippen molar-refractivity contribution in [2.24, 2.45) is 11.7 Å². The van der Waals surface area contributed by atoms with Crippen molar-refractivity contribution in [1.82, 2.24) is 15.0 Å². The van der Waals surface area contributed by atoms with E-state index in [1.165, 1.54) is 6.39 Å². The summed E-state index contributed by atoms with van der Waals surface area (Å²) >= 11 is 0. The Labute approximate surface area is 135 Å². The smallest absolute Gasteiger partial charge is 0.254 e. The van der Waals surface area contributed by atoms with Gasteiger partial charge in [0, 0.05) is 23.7 Å². The van der Waals surface area contributed by atoms with Crippen LogP contribution in [0.25, 0.3) is 11.4 Å². The molecule has 2 N–H and O–H groups in total. The highest BCUT2D eigenvalue weighted by atomic mass is 35.5. The highest BCUT2D eigenvalue weighted by molar-refractivity contribution is 5.95. The molecule has 1 aromatic carbocycles. The summed E-state index contributed by atoms with van der Waals surface area (Å²) in [5.74, 6) is 0.979. The lowest BCUT2D eigenvalue weighted by molar-refractivity contribution is 0.0743. The Hall–Kier alpha value is -1.92. The van der Waals surface area contributed by atoms with E-state index in [2.05, 4.69) is 17.1 Å². The number of nitrogens with zero attached hydrogens (tertiary/aromatic N) is 3. The van der Waals surface area contributed by atoms with Gasteiger partial charge in [-0.1, -0.05) is 17.3 Å². The number of nitrogens with two attached hydrogens (primary N) is 1. The highest BCUT2D eigenvalue weighted by Gasteiger charge is 2.31. The molecule has 6 nitrogen and oxygen atoms in total. The molecule has 1 aliphatic rings. The topological polar surface area (TPSA) is 85.2 Å². The number of carbonyl (C=O) groups is 1. The first-order valence-electron chi connectivity index (χ1n) is 7.07. The lowest BCUT2D eigenvalue weighted by Crippen LogP contribution is -2.34. The summed E-state index contributed by atoms with van der Waals surface area (Å²) < 4.78 is 4.72. The molecule has 1 amide bonds. The Morgan fingerprint density at radius 2 is 2.14 bits per heavy atom. The van der Waals surface area contributed by atoms with Gasteiger partial charge in [-0.2, -0.15) is 4.98 Å². The van der Waals surface area contributed by atoms with E-state index in [4.69, 9.17) is 10.3 Å². The van der Waals surface area contributed by atoms with Crippen LogP contribution in [0.5, 0.6) is 0 Å². The number of rotatable bonds is 3. The largest absolute Gasteiger partial charge is 0.342 e. The first kappa shape index (κ1) is 16.5. The molecule has 0 bridgehead atoms. The van der Waals surface area contributed by atoms with Gasteiger partial charge in [0.1, 0.15) is 0 Å². The Kier molecular flexibility index (Phi) is 5.15. The minimum atomic E-state index is 0. The first-order chi connectivity index (χ1) is 10.2. The lowest BCUT2D eigenvalue weighted by Gasteiger charge is -2.21. The van der Waals surface area contributed by atoms with Crippen LogP contribution in [0.15, 0.2) is 35.2 Å². The SMILES string of the molecule is CC1CC(CN)CN1C(=O)c1ccc(-c2ncon2)cc1.Cl. The summed E-state index contributed by atoms with van der Waals surface area (Å²) in [6.07, 6.45) is 2.26. The number of hydrogen-bond acceptors (Lipinski definition) is 5. The number of aromatic nitrogens is 2. The molecule has 2 aromatic rings. The molecule has 2 atom stereocenters.